The minimum Gasteiger partial charge on any atom is -0.481 e. The van der Waals surface area contributed by atoms with Gasteiger partial charge in [-0.25, -0.2) is 0 Å². The summed E-state index contributed by atoms with van der Waals surface area (Å²) in [6.45, 7) is 1.62. The number of benzene rings is 1. The van der Waals surface area contributed by atoms with Crippen molar-refractivity contribution in [1.29, 1.82) is 0 Å². The van der Waals surface area contributed by atoms with Crippen LogP contribution < -0.4 is 4.74 Å². The first-order chi connectivity index (χ1) is 7.76. The highest BCUT2D eigenvalue weighted by Crippen LogP contribution is 2.25. The van der Waals surface area contributed by atoms with Crippen LogP contribution in [0.15, 0.2) is 18.2 Å². The van der Waals surface area contributed by atoms with Gasteiger partial charge >= 0.3 is 12.3 Å². The molecule has 0 spiro atoms. The Labute approximate surface area is 95.8 Å². The molecule has 0 saturated carbocycles. The molecule has 1 N–H and O–H groups in total. The average Bonchev–Trinajstić information content (AvgIpc) is 2.10. The number of halogens is 3. The van der Waals surface area contributed by atoms with E-state index in [1.54, 1.807) is 13.0 Å². The van der Waals surface area contributed by atoms with Gasteiger partial charge in [0.1, 0.15) is 5.75 Å². The molecule has 0 bridgehead atoms. The fourth-order valence-corrected chi connectivity index (χ4v) is 1.41. The number of carboxylic acids is 1. The third-order valence-electron chi connectivity index (χ3n) is 1.97. The highest BCUT2D eigenvalue weighted by atomic mass is 19.4. The Bertz CT molecular complexity index is 413. The van der Waals surface area contributed by atoms with E-state index in [1.165, 1.54) is 12.1 Å². The van der Waals surface area contributed by atoms with Crippen molar-refractivity contribution in [2.45, 2.75) is 26.1 Å². The van der Waals surface area contributed by atoms with Crippen molar-refractivity contribution in [3.05, 3.63) is 29.3 Å². The molecule has 94 valence electrons. The van der Waals surface area contributed by atoms with Crippen molar-refractivity contribution in [3.8, 4) is 5.75 Å². The summed E-state index contributed by atoms with van der Waals surface area (Å²) < 4.78 is 39.8. The Balaban J connectivity index is 2.83. The Kier molecular flexibility index (Phi) is 3.98. The summed E-state index contributed by atoms with van der Waals surface area (Å²) in [5.74, 6) is -1.32. The van der Waals surface area contributed by atoms with Crippen molar-refractivity contribution in [1.82, 2.24) is 0 Å². The fraction of sp³-hybridized carbons (Fsp3) is 0.364. The summed E-state index contributed by atoms with van der Waals surface area (Å²) in [6, 6.07) is 4.08. The minimum absolute atomic E-state index is 0.130. The van der Waals surface area contributed by atoms with E-state index in [1.807, 2.05) is 0 Å². The number of alkyl halides is 3. The molecule has 0 fully saturated rings. The van der Waals surface area contributed by atoms with Gasteiger partial charge in [0, 0.05) is 6.42 Å². The predicted octanol–water partition coefficient (Wildman–Crippen LogP) is 2.91. The summed E-state index contributed by atoms with van der Waals surface area (Å²) in [5.41, 5.74) is 1.10. The van der Waals surface area contributed by atoms with Crippen LogP contribution in [0.3, 0.4) is 0 Å². The van der Waals surface area contributed by atoms with Gasteiger partial charge in [-0.05, 0) is 36.6 Å². The number of hydrogen-bond acceptors (Lipinski definition) is 2. The quantitative estimate of drug-likeness (QED) is 0.891. The first-order valence-electron chi connectivity index (χ1n) is 4.84. The van der Waals surface area contributed by atoms with Gasteiger partial charge in [-0.3, -0.25) is 4.79 Å². The topological polar surface area (TPSA) is 46.5 Å². The summed E-state index contributed by atoms with van der Waals surface area (Å²) in [6.07, 6.45) is -4.70. The van der Waals surface area contributed by atoms with Gasteiger partial charge in [0.05, 0.1) is 0 Å². The van der Waals surface area contributed by atoms with Gasteiger partial charge in [-0.2, -0.15) is 0 Å². The first-order valence-corrected chi connectivity index (χ1v) is 4.84. The molecular weight excluding hydrogens is 237 g/mol. The molecule has 3 nitrogen and oxygen atoms in total. The second-order valence-corrected chi connectivity index (χ2v) is 3.60. The lowest BCUT2D eigenvalue weighted by molar-refractivity contribution is -0.274. The summed E-state index contributed by atoms with van der Waals surface area (Å²) >= 11 is 0. The van der Waals surface area contributed by atoms with Crippen molar-refractivity contribution in [3.63, 3.8) is 0 Å². The molecule has 0 heterocycles. The van der Waals surface area contributed by atoms with Gasteiger partial charge in [0.2, 0.25) is 0 Å². The summed E-state index contributed by atoms with van der Waals surface area (Å²) in [5, 5.41) is 8.49. The minimum atomic E-state index is -4.74. The molecule has 0 radical (unpaired) electrons. The molecule has 1 rings (SSSR count). The van der Waals surface area contributed by atoms with Crippen LogP contribution in [0.5, 0.6) is 5.75 Å². The van der Waals surface area contributed by atoms with Crippen molar-refractivity contribution in [2.24, 2.45) is 0 Å². The largest absolute Gasteiger partial charge is 0.573 e. The molecule has 0 saturated heterocycles. The smallest absolute Gasteiger partial charge is 0.481 e. The summed E-state index contributed by atoms with van der Waals surface area (Å²) in [4.78, 5) is 10.4. The van der Waals surface area contributed by atoms with Crippen LogP contribution in [0.25, 0.3) is 0 Å². The lowest BCUT2D eigenvalue weighted by atomic mass is 10.1. The predicted molar refractivity (Wildman–Crippen MR) is 53.8 cm³/mol. The van der Waals surface area contributed by atoms with E-state index in [2.05, 4.69) is 4.74 Å². The lowest BCUT2D eigenvalue weighted by Crippen LogP contribution is -2.17. The standard InChI is InChI=1S/C11H11F3O3/c1-7-4-8(2-3-10(15)16)6-9(5-7)17-11(12,13)14/h4-6H,2-3H2,1H3,(H,15,16). The Hall–Kier alpha value is -1.72. The molecule has 0 unspecified atom stereocenters. The van der Waals surface area contributed by atoms with Crippen LogP contribution in [0.2, 0.25) is 0 Å². The van der Waals surface area contributed by atoms with E-state index in [9.17, 15) is 18.0 Å². The fourth-order valence-electron chi connectivity index (χ4n) is 1.41. The molecular formula is C11H11F3O3. The molecule has 1 aromatic rings. The second kappa shape index (κ2) is 5.07. The number of carbonyl (C=O) groups is 1. The van der Waals surface area contributed by atoms with Crippen LogP contribution in [0.1, 0.15) is 17.5 Å². The van der Waals surface area contributed by atoms with E-state index < -0.39 is 12.3 Å². The average molecular weight is 248 g/mol. The van der Waals surface area contributed by atoms with Crippen LogP contribution in [-0.2, 0) is 11.2 Å². The normalized spacial score (nSPS) is 11.3. The van der Waals surface area contributed by atoms with Gasteiger partial charge in [0.25, 0.3) is 0 Å². The maximum Gasteiger partial charge on any atom is 0.573 e. The molecule has 0 aliphatic rings. The molecule has 17 heavy (non-hydrogen) atoms. The van der Waals surface area contributed by atoms with E-state index in [0.29, 0.717) is 11.1 Å². The van der Waals surface area contributed by atoms with E-state index in [-0.39, 0.29) is 18.6 Å². The Morgan fingerprint density at radius 1 is 1.35 bits per heavy atom. The van der Waals surface area contributed by atoms with Crippen LogP contribution >= 0.6 is 0 Å². The molecule has 1 aromatic carbocycles. The zero-order chi connectivity index (χ0) is 13.1. The van der Waals surface area contributed by atoms with Crippen molar-refractivity contribution in [2.75, 3.05) is 0 Å². The lowest BCUT2D eigenvalue weighted by Gasteiger charge is -2.11. The molecule has 0 amide bonds. The van der Waals surface area contributed by atoms with Gasteiger partial charge in [-0.15, -0.1) is 13.2 Å². The maximum atomic E-state index is 12.0. The number of aliphatic carboxylic acids is 1. The number of carboxylic acid groups (broad SMARTS) is 1. The van der Waals surface area contributed by atoms with E-state index in [0.717, 1.165) is 0 Å². The second-order valence-electron chi connectivity index (χ2n) is 3.60. The highest BCUT2D eigenvalue weighted by molar-refractivity contribution is 5.67. The number of rotatable bonds is 4. The van der Waals surface area contributed by atoms with Crippen LogP contribution in [-0.4, -0.2) is 17.4 Å². The number of hydrogen-bond donors (Lipinski definition) is 1. The third-order valence-corrected chi connectivity index (χ3v) is 1.97. The molecule has 0 aliphatic heterocycles. The van der Waals surface area contributed by atoms with E-state index in [4.69, 9.17) is 5.11 Å². The number of ether oxygens (including phenoxy) is 1. The number of aryl methyl sites for hydroxylation is 2. The SMILES string of the molecule is Cc1cc(CCC(=O)O)cc(OC(F)(F)F)c1. The van der Waals surface area contributed by atoms with Gasteiger partial charge in [0.15, 0.2) is 0 Å². The highest BCUT2D eigenvalue weighted by Gasteiger charge is 2.31. The molecule has 0 aliphatic carbocycles. The zero-order valence-corrected chi connectivity index (χ0v) is 9.04. The van der Waals surface area contributed by atoms with Crippen molar-refractivity contribution < 1.29 is 27.8 Å². The molecule has 0 atom stereocenters. The van der Waals surface area contributed by atoms with Crippen molar-refractivity contribution >= 4 is 5.97 Å². The van der Waals surface area contributed by atoms with Crippen LogP contribution in [0.4, 0.5) is 13.2 Å². The van der Waals surface area contributed by atoms with E-state index >= 15 is 0 Å². The third kappa shape index (κ3) is 5.24. The Morgan fingerprint density at radius 3 is 2.53 bits per heavy atom. The Morgan fingerprint density at radius 2 is 2.00 bits per heavy atom. The monoisotopic (exact) mass is 248 g/mol. The van der Waals surface area contributed by atoms with Gasteiger partial charge in [-0.1, -0.05) is 6.07 Å². The van der Waals surface area contributed by atoms with Gasteiger partial charge < -0.3 is 9.84 Å². The zero-order valence-electron chi connectivity index (χ0n) is 9.04. The molecule has 0 aromatic heterocycles. The first kappa shape index (κ1) is 13.3. The summed E-state index contributed by atoms with van der Waals surface area (Å²) in [7, 11) is 0. The van der Waals surface area contributed by atoms with Crippen LogP contribution in [0, 0.1) is 6.92 Å². The maximum absolute atomic E-state index is 12.0. The molecule has 6 heteroatoms.